The number of nitrogens with one attached hydrogen (secondary N) is 2. The molecule has 0 aliphatic heterocycles. The molecule has 1 aromatic carbocycles. The van der Waals surface area contributed by atoms with E-state index in [1.54, 1.807) is 18.2 Å². The van der Waals surface area contributed by atoms with Gasteiger partial charge in [0.05, 0.1) is 11.5 Å². The second kappa shape index (κ2) is 6.76. The number of hydrogen-bond acceptors (Lipinski definition) is 3. The van der Waals surface area contributed by atoms with E-state index in [0.29, 0.717) is 0 Å². The molecule has 0 aromatic heterocycles. The van der Waals surface area contributed by atoms with E-state index < -0.39 is 22.9 Å². The van der Waals surface area contributed by atoms with Crippen LogP contribution in [0.25, 0.3) is 0 Å². The number of hydrogen-bond donors (Lipinski definition) is 3. The topological polar surface area (TPSA) is 99.3 Å². The van der Waals surface area contributed by atoms with Gasteiger partial charge in [0.15, 0.2) is 0 Å². The van der Waals surface area contributed by atoms with Crippen molar-refractivity contribution in [3.63, 3.8) is 0 Å². The Kier molecular flexibility index (Phi) is 5.55. The Hall–Kier alpha value is -1.81. The van der Waals surface area contributed by atoms with Crippen molar-refractivity contribution in [2.45, 2.75) is 12.6 Å². The SMILES string of the molecule is N=C(N)CCN(c1ccccc1)S(=O)(=O)NCC(F)(F)F. The molecule has 0 aliphatic carbocycles. The van der Waals surface area contributed by atoms with Crippen molar-refractivity contribution in [3.8, 4) is 0 Å². The second-order valence-electron chi connectivity index (χ2n) is 4.12. The summed E-state index contributed by atoms with van der Waals surface area (Å²) in [7, 11) is -4.39. The van der Waals surface area contributed by atoms with Gasteiger partial charge in [-0.2, -0.15) is 26.3 Å². The molecule has 0 bridgehead atoms. The minimum atomic E-state index is -4.66. The zero-order chi connectivity index (χ0) is 16.1. The van der Waals surface area contributed by atoms with Gasteiger partial charge in [0, 0.05) is 13.0 Å². The van der Waals surface area contributed by atoms with E-state index in [4.69, 9.17) is 11.1 Å². The Morgan fingerprint density at radius 2 is 1.86 bits per heavy atom. The number of para-hydroxylation sites is 1. The van der Waals surface area contributed by atoms with Crippen molar-refractivity contribution in [3.05, 3.63) is 30.3 Å². The molecule has 0 unspecified atom stereocenters. The fourth-order valence-electron chi connectivity index (χ4n) is 1.46. The number of anilines is 1. The van der Waals surface area contributed by atoms with Gasteiger partial charge in [0.2, 0.25) is 0 Å². The lowest BCUT2D eigenvalue weighted by Crippen LogP contribution is -2.45. The van der Waals surface area contributed by atoms with E-state index in [0.717, 1.165) is 4.31 Å². The summed E-state index contributed by atoms with van der Waals surface area (Å²) in [6.07, 6.45) is -4.75. The number of halogens is 3. The zero-order valence-corrected chi connectivity index (χ0v) is 11.7. The first-order chi connectivity index (χ1) is 9.62. The number of alkyl halides is 3. The average Bonchev–Trinajstić information content (AvgIpc) is 2.37. The van der Waals surface area contributed by atoms with Crippen LogP contribution >= 0.6 is 0 Å². The molecule has 0 spiro atoms. The summed E-state index contributed by atoms with van der Waals surface area (Å²) in [6.45, 7) is -1.90. The lowest BCUT2D eigenvalue weighted by atomic mass is 10.3. The quantitative estimate of drug-likeness (QED) is 0.519. The Morgan fingerprint density at radius 3 is 2.33 bits per heavy atom. The smallest absolute Gasteiger partial charge is 0.388 e. The molecule has 0 amide bonds. The van der Waals surface area contributed by atoms with Crippen molar-refractivity contribution in [2.75, 3.05) is 17.4 Å². The largest absolute Gasteiger partial charge is 0.402 e. The fourth-order valence-corrected chi connectivity index (χ4v) is 2.69. The van der Waals surface area contributed by atoms with Crippen LogP contribution in [0.5, 0.6) is 0 Å². The van der Waals surface area contributed by atoms with Crippen LogP contribution in [0.15, 0.2) is 30.3 Å². The van der Waals surface area contributed by atoms with Crippen molar-refractivity contribution in [1.29, 1.82) is 5.41 Å². The van der Waals surface area contributed by atoms with Crippen molar-refractivity contribution in [2.24, 2.45) is 5.73 Å². The molecule has 0 saturated heterocycles. The summed E-state index contributed by atoms with van der Waals surface area (Å²) < 4.78 is 62.7. The molecule has 0 atom stereocenters. The number of nitrogens with two attached hydrogens (primary N) is 1. The zero-order valence-electron chi connectivity index (χ0n) is 10.9. The highest BCUT2D eigenvalue weighted by Crippen LogP contribution is 2.18. The van der Waals surface area contributed by atoms with Crippen LogP contribution < -0.4 is 14.8 Å². The van der Waals surface area contributed by atoms with Crippen LogP contribution in [0.2, 0.25) is 0 Å². The molecule has 1 aromatic rings. The highest BCUT2D eigenvalue weighted by Gasteiger charge is 2.32. The molecule has 0 radical (unpaired) electrons. The lowest BCUT2D eigenvalue weighted by Gasteiger charge is -2.24. The molecule has 4 N–H and O–H groups in total. The number of rotatable bonds is 7. The summed E-state index contributed by atoms with van der Waals surface area (Å²) in [5, 5.41) is 7.11. The molecule has 0 fully saturated rings. The van der Waals surface area contributed by atoms with Gasteiger partial charge in [-0.1, -0.05) is 18.2 Å². The van der Waals surface area contributed by atoms with E-state index in [9.17, 15) is 21.6 Å². The first kappa shape index (κ1) is 17.2. The van der Waals surface area contributed by atoms with Gasteiger partial charge in [-0.15, -0.1) is 0 Å². The second-order valence-corrected chi connectivity index (χ2v) is 5.80. The molecule has 10 heteroatoms. The fraction of sp³-hybridized carbons (Fsp3) is 0.364. The Morgan fingerprint density at radius 1 is 1.29 bits per heavy atom. The molecule has 1 rings (SSSR count). The standard InChI is InChI=1S/C11H15F3N4O2S/c12-11(13,14)8-17-21(19,20)18(7-6-10(15)16)9-4-2-1-3-5-9/h1-5,17H,6-8H2,(H3,15,16). The van der Waals surface area contributed by atoms with Crippen LogP contribution in [-0.2, 0) is 10.2 Å². The summed E-state index contributed by atoms with van der Waals surface area (Å²) in [6, 6.07) is 7.62. The van der Waals surface area contributed by atoms with Gasteiger partial charge in [0.25, 0.3) is 0 Å². The monoisotopic (exact) mass is 324 g/mol. The molecule has 6 nitrogen and oxygen atoms in total. The number of nitrogens with zero attached hydrogens (tertiary/aromatic N) is 1. The molecule has 0 aliphatic rings. The van der Waals surface area contributed by atoms with Crippen LogP contribution in [0, 0.1) is 5.41 Å². The molecule has 118 valence electrons. The van der Waals surface area contributed by atoms with E-state index in [2.05, 4.69) is 0 Å². The predicted octanol–water partition coefficient (Wildman–Crippen LogP) is 1.22. The minimum absolute atomic E-state index is 0.0954. The third kappa shape index (κ3) is 6.00. The highest BCUT2D eigenvalue weighted by molar-refractivity contribution is 7.90. The van der Waals surface area contributed by atoms with Crippen LogP contribution in [0.1, 0.15) is 6.42 Å². The lowest BCUT2D eigenvalue weighted by molar-refractivity contribution is -0.121. The third-order valence-electron chi connectivity index (χ3n) is 2.37. The van der Waals surface area contributed by atoms with Crippen LogP contribution in [-0.4, -0.2) is 33.5 Å². The first-order valence-corrected chi connectivity index (χ1v) is 7.28. The van der Waals surface area contributed by atoms with E-state index in [1.807, 2.05) is 0 Å². The third-order valence-corrected chi connectivity index (χ3v) is 3.86. The maximum Gasteiger partial charge on any atom is 0.402 e. The van der Waals surface area contributed by atoms with Gasteiger partial charge in [0.1, 0.15) is 6.54 Å². The maximum absolute atomic E-state index is 12.2. The first-order valence-electron chi connectivity index (χ1n) is 5.84. The van der Waals surface area contributed by atoms with E-state index >= 15 is 0 Å². The summed E-state index contributed by atoms with van der Waals surface area (Å²) in [5.41, 5.74) is 5.36. The van der Waals surface area contributed by atoms with E-state index in [1.165, 1.54) is 16.9 Å². The molecule has 0 heterocycles. The minimum Gasteiger partial charge on any atom is -0.388 e. The van der Waals surface area contributed by atoms with Gasteiger partial charge >= 0.3 is 16.4 Å². The van der Waals surface area contributed by atoms with Gasteiger partial charge in [-0.3, -0.25) is 9.71 Å². The van der Waals surface area contributed by atoms with Crippen LogP contribution in [0.3, 0.4) is 0 Å². The van der Waals surface area contributed by atoms with Crippen LogP contribution in [0.4, 0.5) is 18.9 Å². The molecular weight excluding hydrogens is 309 g/mol. The molecule has 21 heavy (non-hydrogen) atoms. The normalized spacial score (nSPS) is 12.1. The average molecular weight is 324 g/mol. The van der Waals surface area contributed by atoms with E-state index in [-0.39, 0.29) is 24.5 Å². The summed E-state index contributed by atoms with van der Waals surface area (Å²) >= 11 is 0. The van der Waals surface area contributed by atoms with Gasteiger partial charge in [-0.05, 0) is 12.1 Å². The number of benzene rings is 1. The van der Waals surface area contributed by atoms with Gasteiger partial charge < -0.3 is 5.73 Å². The Labute approximate surface area is 120 Å². The summed E-state index contributed by atoms with van der Waals surface area (Å²) in [4.78, 5) is 0. The van der Waals surface area contributed by atoms with Crippen molar-refractivity contribution in [1.82, 2.24) is 4.72 Å². The number of amidine groups is 1. The summed E-state index contributed by atoms with van der Waals surface area (Å²) in [5.74, 6) is -0.262. The Bertz CT molecular complexity index is 575. The molecular formula is C11H15F3N4O2S. The highest BCUT2D eigenvalue weighted by atomic mass is 32.2. The maximum atomic E-state index is 12.2. The van der Waals surface area contributed by atoms with Gasteiger partial charge in [-0.25, -0.2) is 0 Å². The van der Waals surface area contributed by atoms with Crippen molar-refractivity contribution < 1.29 is 21.6 Å². The molecule has 0 saturated carbocycles. The Balaban J connectivity index is 2.97. The van der Waals surface area contributed by atoms with Crippen molar-refractivity contribution >= 4 is 21.7 Å². The predicted molar refractivity (Wildman–Crippen MR) is 73.3 cm³/mol.